The van der Waals surface area contributed by atoms with E-state index < -0.39 is 10.0 Å². The van der Waals surface area contributed by atoms with Gasteiger partial charge in [0, 0.05) is 11.3 Å². The van der Waals surface area contributed by atoms with E-state index >= 15 is 0 Å². The molecule has 0 fully saturated rings. The highest BCUT2D eigenvalue weighted by Crippen LogP contribution is 2.15. The summed E-state index contributed by atoms with van der Waals surface area (Å²) in [5.41, 5.74) is 1.71. The second-order valence-electron chi connectivity index (χ2n) is 3.24. The highest BCUT2D eigenvalue weighted by Gasteiger charge is 2.13. The number of nitrogens with one attached hydrogen (secondary N) is 2. The van der Waals surface area contributed by atoms with Crippen LogP contribution in [0.2, 0.25) is 0 Å². The summed E-state index contributed by atoms with van der Waals surface area (Å²) in [7, 11) is -3.23. The summed E-state index contributed by atoms with van der Waals surface area (Å²) in [6.45, 7) is 5.49. The van der Waals surface area contributed by atoms with Crippen LogP contribution in [0.5, 0.6) is 0 Å². The summed E-state index contributed by atoms with van der Waals surface area (Å²) >= 11 is 0. The van der Waals surface area contributed by atoms with Crippen LogP contribution in [0, 0.1) is 13.8 Å². The number of H-pyrrole nitrogens is 1. The second-order valence-corrected chi connectivity index (χ2v) is 5.09. The summed E-state index contributed by atoms with van der Waals surface area (Å²) in [5, 5.41) is 6.59. The topological polar surface area (TPSA) is 74.8 Å². The number of rotatable bonds is 4. The Morgan fingerprint density at radius 3 is 2.50 bits per heavy atom. The summed E-state index contributed by atoms with van der Waals surface area (Å²) in [6.07, 6.45) is 0.595. The van der Waals surface area contributed by atoms with Crippen molar-refractivity contribution in [2.75, 3.05) is 10.5 Å². The second kappa shape index (κ2) is 4.00. The molecule has 0 aliphatic rings. The van der Waals surface area contributed by atoms with Crippen LogP contribution in [0.25, 0.3) is 0 Å². The fourth-order valence-corrected chi connectivity index (χ4v) is 2.18. The Kier molecular flexibility index (Phi) is 3.15. The van der Waals surface area contributed by atoms with Crippen LogP contribution in [0.15, 0.2) is 0 Å². The summed E-state index contributed by atoms with van der Waals surface area (Å²) in [6, 6.07) is 0. The zero-order valence-electron chi connectivity index (χ0n) is 8.59. The van der Waals surface area contributed by atoms with Gasteiger partial charge in [-0.1, -0.05) is 6.92 Å². The molecule has 0 aromatic carbocycles. The van der Waals surface area contributed by atoms with Gasteiger partial charge in [-0.15, -0.1) is 0 Å². The Morgan fingerprint density at radius 1 is 1.43 bits per heavy atom. The monoisotopic (exact) mass is 217 g/mol. The molecule has 0 saturated heterocycles. The molecule has 0 radical (unpaired) electrons. The maximum absolute atomic E-state index is 11.4. The molecule has 0 saturated carbocycles. The van der Waals surface area contributed by atoms with Gasteiger partial charge < -0.3 is 0 Å². The van der Waals surface area contributed by atoms with Gasteiger partial charge in [0.1, 0.15) is 0 Å². The average Bonchev–Trinajstić information content (AvgIpc) is 2.35. The lowest BCUT2D eigenvalue weighted by molar-refractivity contribution is 0.599. The van der Waals surface area contributed by atoms with Gasteiger partial charge in [-0.2, -0.15) is 5.10 Å². The van der Waals surface area contributed by atoms with Crippen molar-refractivity contribution >= 4 is 15.8 Å². The molecule has 1 heterocycles. The van der Waals surface area contributed by atoms with Gasteiger partial charge in [0.15, 0.2) is 5.82 Å². The van der Waals surface area contributed by atoms with Gasteiger partial charge >= 0.3 is 0 Å². The van der Waals surface area contributed by atoms with Gasteiger partial charge in [-0.25, -0.2) is 8.42 Å². The number of hydrogen-bond acceptors (Lipinski definition) is 3. The van der Waals surface area contributed by atoms with E-state index in [1.54, 1.807) is 0 Å². The third-order valence-electron chi connectivity index (χ3n) is 1.98. The zero-order valence-corrected chi connectivity index (χ0v) is 9.40. The highest BCUT2D eigenvalue weighted by atomic mass is 32.2. The molecule has 1 aromatic rings. The van der Waals surface area contributed by atoms with Gasteiger partial charge in [0.05, 0.1) is 5.75 Å². The van der Waals surface area contributed by atoms with E-state index in [1.165, 1.54) is 0 Å². The molecule has 6 heteroatoms. The SMILES string of the molecule is CCCS(=O)(=O)Nc1n[nH]c(C)c1C. The van der Waals surface area contributed by atoms with Crippen LogP contribution in [0.4, 0.5) is 5.82 Å². The number of hydrogen-bond donors (Lipinski definition) is 2. The van der Waals surface area contributed by atoms with Crippen LogP contribution in [-0.4, -0.2) is 24.4 Å². The molecule has 0 aliphatic heterocycles. The fourth-order valence-electron chi connectivity index (χ4n) is 1.05. The third-order valence-corrected chi connectivity index (χ3v) is 3.43. The number of aromatic amines is 1. The molecule has 5 nitrogen and oxygen atoms in total. The summed E-state index contributed by atoms with van der Waals surface area (Å²) in [4.78, 5) is 0. The number of aryl methyl sites for hydroxylation is 1. The molecule has 0 bridgehead atoms. The van der Waals surface area contributed by atoms with Crippen molar-refractivity contribution in [2.45, 2.75) is 27.2 Å². The first-order valence-electron chi connectivity index (χ1n) is 4.48. The average molecular weight is 217 g/mol. The minimum Gasteiger partial charge on any atom is -0.280 e. The maximum atomic E-state index is 11.4. The van der Waals surface area contributed by atoms with E-state index in [0.29, 0.717) is 12.2 Å². The Hall–Kier alpha value is -1.04. The number of aromatic nitrogens is 2. The molecular formula is C8H15N3O2S. The Labute approximate surface area is 84.0 Å². The standard InChI is InChI=1S/C8H15N3O2S/c1-4-5-14(12,13)11-8-6(2)7(3)9-10-8/h4-5H2,1-3H3,(H2,9,10,11). The molecule has 0 atom stereocenters. The van der Waals surface area contributed by atoms with Crippen molar-refractivity contribution in [3.05, 3.63) is 11.3 Å². The molecule has 80 valence electrons. The van der Waals surface area contributed by atoms with Gasteiger partial charge in [-0.3, -0.25) is 9.82 Å². The summed E-state index contributed by atoms with van der Waals surface area (Å²) < 4.78 is 25.2. The van der Waals surface area contributed by atoms with Crippen molar-refractivity contribution in [2.24, 2.45) is 0 Å². The fraction of sp³-hybridized carbons (Fsp3) is 0.625. The van der Waals surface area contributed by atoms with E-state index in [4.69, 9.17) is 0 Å². The Balaban J connectivity index is 2.84. The third kappa shape index (κ3) is 2.47. The molecule has 1 rings (SSSR count). The predicted molar refractivity (Wildman–Crippen MR) is 55.8 cm³/mol. The summed E-state index contributed by atoms with van der Waals surface area (Å²) in [5.74, 6) is 0.522. The van der Waals surface area contributed by atoms with Crippen LogP contribution >= 0.6 is 0 Å². The lowest BCUT2D eigenvalue weighted by Gasteiger charge is -2.04. The molecular weight excluding hydrogens is 202 g/mol. The van der Waals surface area contributed by atoms with Crippen molar-refractivity contribution in [3.63, 3.8) is 0 Å². The lowest BCUT2D eigenvalue weighted by Crippen LogP contribution is -2.16. The van der Waals surface area contributed by atoms with Crippen molar-refractivity contribution in [1.82, 2.24) is 10.2 Å². The van der Waals surface area contributed by atoms with Gasteiger partial charge in [-0.05, 0) is 20.3 Å². The number of anilines is 1. The normalized spacial score (nSPS) is 11.6. The minimum atomic E-state index is -3.23. The van der Waals surface area contributed by atoms with Crippen molar-refractivity contribution < 1.29 is 8.42 Å². The molecule has 0 unspecified atom stereocenters. The zero-order chi connectivity index (χ0) is 10.8. The van der Waals surface area contributed by atoms with Crippen LogP contribution < -0.4 is 4.72 Å². The molecule has 0 aliphatic carbocycles. The molecule has 0 amide bonds. The number of sulfonamides is 1. The van der Waals surface area contributed by atoms with E-state index in [-0.39, 0.29) is 5.75 Å². The maximum Gasteiger partial charge on any atom is 0.233 e. The first kappa shape index (κ1) is 11.0. The quantitative estimate of drug-likeness (QED) is 0.795. The first-order valence-corrected chi connectivity index (χ1v) is 6.13. The predicted octanol–water partition coefficient (Wildman–Crippen LogP) is 1.18. The van der Waals surface area contributed by atoms with E-state index in [9.17, 15) is 8.42 Å². The van der Waals surface area contributed by atoms with Crippen molar-refractivity contribution in [3.8, 4) is 0 Å². The number of nitrogens with zero attached hydrogens (tertiary/aromatic N) is 1. The van der Waals surface area contributed by atoms with Crippen LogP contribution in [0.3, 0.4) is 0 Å². The Morgan fingerprint density at radius 2 is 2.07 bits per heavy atom. The van der Waals surface area contributed by atoms with E-state index in [2.05, 4.69) is 14.9 Å². The highest BCUT2D eigenvalue weighted by molar-refractivity contribution is 7.92. The van der Waals surface area contributed by atoms with Crippen LogP contribution in [0.1, 0.15) is 24.6 Å². The van der Waals surface area contributed by atoms with Gasteiger partial charge in [0.2, 0.25) is 10.0 Å². The largest absolute Gasteiger partial charge is 0.280 e. The first-order chi connectivity index (χ1) is 6.46. The van der Waals surface area contributed by atoms with Gasteiger partial charge in [0.25, 0.3) is 0 Å². The molecule has 14 heavy (non-hydrogen) atoms. The molecule has 1 aromatic heterocycles. The van der Waals surface area contributed by atoms with E-state index in [1.807, 2.05) is 20.8 Å². The van der Waals surface area contributed by atoms with Crippen molar-refractivity contribution in [1.29, 1.82) is 0 Å². The Bertz CT molecular complexity index is 408. The molecule has 2 N–H and O–H groups in total. The molecule has 0 spiro atoms. The smallest absolute Gasteiger partial charge is 0.233 e. The lowest BCUT2D eigenvalue weighted by atomic mass is 10.3. The van der Waals surface area contributed by atoms with E-state index in [0.717, 1.165) is 11.3 Å². The minimum absolute atomic E-state index is 0.123. The van der Waals surface area contributed by atoms with Crippen LogP contribution in [-0.2, 0) is 10.0 Å².